The number of hydrogen-bond acceptors (Lipinski definition) is 5. The summed E-state index contributed by atoms with van der Waals surface area (Å²) >= 11 is 1.46. The molecule has 0 unspecified atom stereocenters. The summed E-state index contributed by atoms with van der Waals surface area (Å²) < 4.78 is 2.95. The Labute approximate surface area is 152 Å². The summed E-state index contributed by atoms with van der Waals surface area (Å²) in [5.74, 6) is -1.22. The Morgan fingerprint density at radius 2 is 1.77 bits per heavy atom. The average molecular weight is 366 g/mol. The molecule has 4 rings (SSSR count). The van der Waals surface area contributed by atoms with Crippen molar-refractivity contribution in [2.75, 3.05) is 7.05 Å². The minimum absolute atomic E-state index is 0.234. The van der Waals surface area contributed by atoms with Gasteiger partial charge in [0, 0.05) is 19.7 Å². The molecule has 1 aromatic heterocycles. The highest BCUT2D eigenvalue weighted by Crippen LogP contribution is 2.22. The number of para-hydroxylation sites is 1. The number of amides is 3. The fraction of sp³-hybridized carbons (Fsp3) is 0.111. The third kappa shape index (κ3) is 2.42. The predicted octanol–water partition coefficient (Wildman–Crippen LogP) is 1.71. The van der Waals surface area contributed by atoms with Crippen molar-refractivity contribution < 1.29 is 14.4 Å². The number of nitrogens with one attached hydrogen (secondary N) is 1. The quantitative estimate of drug-likeness (QED) is 0.554. The van der Waals surface area contributed by atoms with E-state index in [1.807, 2.05) is 35.9 Å². The van der Waals surface area contributed by atoms with Gasteiger partial charge < -0.3 is 4.57 Å². The van der Waals surface area contributed by atoms with E-state index in [1.54, 1.807) is 0 Å². The average Bonchev–Trinajstić information content (AvgIpc) is 3.09. The molecule has 130 valence electrons. The maximum Gasteiger partial charge on any atom is 0.271 e. The zero-order valence-electron chi connectivity index (χ0n) is 14.0. The van der Waals surface area contributed by atoms with E-state index in [9.17, 15) is 14.4 Å². The number of fused-ring (bicyclic) bond motifs is 2. The fourth-order valence-corrected chi connectivity index (χ4v) is 3.83. The van der Waals surface area contributed by atoms with Gasteiger partial charge in [-0.2, -0.15) is 0 Å². The standard InChI is InChI=1S/C18H14N4O3S/c1-21-13-5-3-4-6-14(13)26-18(21)20-19-15(23)10-7-8-11-12(9-10)17(25)22(2)16(11)24/h3-9H,1-2H3,(H,19,23)/b20-18-. The summed E-state index contributed by atoms with van der Waals surface area (Å²) in [6.45, 7) is 0. The second-order valence-electron chi connectivity index (χ2n) is 5.89. The summed E-state index contributed by atoms with van der Waals surface area (Å²) in [6.07, 6.45) is 0. The topological polar surface area (TPSA) is 83.8 Å². The molecule has 2 heterocycles. The molecule has 3 amide bonds. The van der Waals surface area contributed by atoms with Gasteiger partial charge in [-0.1, -0.05) is 23.5 Å². The van der Waals surface area contributed by atoms with Crippen molar-refractivity contribution in [3.63, 3.8) is 0 Å². The van der Waals surface area contributed by atoms with Crippen LogP contribution in [-0.2, 0) is 7.05 Å². The van der Waals surface area contributed by atoms with Crippen LogP contribution < -0.4 is 10.2 Å². The minimum Gasteiger partial charge on any atom is -0.318 e. The van der Waals surface area contributed by atoms with Crippen molar-refractivity contribution in [3.8, 4) is 0 Å². The zero-order chi connectivity index (χ0) is 18.4. The Hall–Kier alpha value is -3.26. The van der Waals surface area contributed by atoms with Crippen LogP contribution >= 0.6 is 11.3 Å². The van der Waals surface area contributed by atoms with E-state index < -0.39 is 11.8 Å². The van der Waals surface area contributed by atoms with Crippen LogP contribution in [0.3, 0.4) is 0 Å². The highest BCUT2D eigenvalue weighted by Gasteiger charge is 2.33. The third-order valence-electron chi connectivity index (χ3n) is 4.32. The fourth-order valence-electron chi connectivity index (χ4n) is 2.85. The van der Waals surface area contributed by atoms with Crippen LogP contribution in [0.5, 0.6) is 0 Å². The smallest absolute Gasteiger partial charge is 0.271 e. The van der Waals surface area contributed by atoms with E-state index in [1.165, 1.54) is 36.6 Å². The van der Waals surface area contributed by atoms with Crippen LogP contribution in [0.25, 0.3) is 10.2 Å². The van der Waals surface area contributed by atoms with Gasteiger partial charge in [-0.15, -0.1) is 5.10 Å². The Kier molecular flexibility index (Phi) is 3.69. The molecule has 0 fully saturated rings. The normalized spacial score (nSPS) is 14.2. The number of imide groups is 1. The number of rotatable bonds is 2. The van der Waals surface area contributed by atoms with Crippen molar-refractivity contribution in [2.24, 2.45) is 12.1 Å². The van der Waals surface area contributed by atoms with Crippen LogP contribution in [0.2, 0.25) is 0 Å². The van der Waals surface area contributed by atoms with Gasteiger partial charge in [0.05, 0.1) is 21.3 Å². The van der Waals surface area contributed by atoms with Crippen LogP contribution in [0.1, 0.15) is 31.1 Å². The maximum atomic E-state index is 12.4. The largest absolute Gasteiger partial charge is 0.318 e. The summed E-state index contributed by atoms with van der Waals surface area (Å²) in [5.41, 5.74) is 4.35. The Morgan fingerprint density at radius 3 is 2.54 bits per heavy atom. The Balaban J connectivity index is 1.64. The molecule has 0 saturated heterocycles. The first kappa shape index (κ1) is 16.2. The summed E-state index contributed by atoms with van der Waals surface area (Å²) in [5, 5.41) is 4.18. The first-order chi connectivity index (χ1) is 12.5. The monoisotopic (exact) mass is 366 g/mol. The molecule has 0 saturated carbocycles. The lowest BCUT2D eigenvalue weighted by molar-refractivity contribution is 0.0693. The molecule has 1 aliphatic heterocycles. The molecule has 0 radical (unpaired) electrons. The molecule has 0 atom stereocenters. The van der Waals surface area contributed by atoms with Crippen LogP contribution in [-0.4, -0.2) is 34.2 Å². The number of carbonyl (C=O) groups is 3. The number of benzene rings is 2. The van der Waals surface area contributed by atoms with Crippen LogP contribution in [0.4, 0.5) is 0 Å². The molecule has 0 spiro atoms. The summed E-state index contributed by atoms with van der Waals surface area (Å²) in [6, 6.07) is 12.3. The lowest BCUT2D eigenvalue weighted by Crippen LogP contribution is -2.24. The van der Waals surface area contributed by atoms with E-state index in [-0.39, 0.29) is 17.0 Å². The number of carbonyl (C=O) groups excluding carboxylic acids is 3. The van der Waals surface area contributed by atoms with Crippen molar-refractivity contribution in [1.29, 1.82) is 0 Å². The van der Waals surface area contributed by atoms with E-state index >= 15 is 0 Å². The van der Waals surface area contributed by atoms with Gasteiger partial charge in [0.1, 0.15) is 0 Å². The SMILES string of the molecule is CN1C(=O)c2ccc(C(=O)N/N=c3\sc4ccccc4n3C)cc2C1=O. The molecule has 1 aliphatic rings. The van der Waals surface area contributed by atoms with Crippen LogP contribution in [0, 0.1) is 0 Å². The highest BCUT2D eigenvalue weighted by molar-refractivity contribution is 7.16. The molecule has 0 bridgehead atoms. The van der Waals surface area contributed by atoms with Crippen molar-refractivity contribution in [2.45, 2.75) is 0 Å². The van der Waals surface area contributed by atoms with E-state index in [0.717, 1.165) is 15.1 Å². The number of aryl methyl sites for hydroxylation is 1. The molecule has 2 aromatic carbocycles. The predicted molar refractivity (Wildman–Crippen MR) is 96.7 cm³/mol. The maximum absolute atomic E-state index is 12.4. The molecule has 8 heteroatoms. The first-order valence-corrected chi connectivity index (χ1v) is 8.64. The summed E-state index contributed by atoms with van der Waals surface area (Å²) in [7, 11) is 3.29. The van der Waals surface area contributed by atoms with Gasteiger partial charge in [0.25, 0.3) is 17.7 Å². The second kappa shape index (κ2) is 5.92. The minimum atomic E-state index is -0.444. The molecule has 3 aromatic rings. The number of hydrogen-bond donors (Lipinski definition) is 1. The molecule has 0 aliphatic carbocycles. The highest BCUT2D eigenvalue weighted by atomic mass is 32.1. The van der Waals surface area contributed by atoms with Crippen molar-refractivity contribution in [3.05, 3.63) is 64.0 Å². The van der Waals surface area contributed by atoms with Crippen LogP contribution in [0.15, 0.2) is 47.6 Å². The third-order valence-corrected chi connectivity index (χ3v) is 5.43. The Bertz CT molecular complexity index is 1160. The molecular weight excluding hydrogens is 352 g/mol. The molecule has 7 nitrogen and oxygen atoms in total. The Morgan fingerprint density at radius 1 is 1.04 bits per heavy atom. The molecule has 26 heavy (non-hydrogen) atoms. The van der Waals surface area contributed by atoms with Gasteiger partial charge in [0.2, 0.25) is 4.80 Å². The van der Waals surface area contributed by atoms with Gasteiger partial charge in [0.15, 0.2) is 0 Å². The second-order valence-corrected chi connectivity index (χ2v) is 6.90. The number of thiazole rings is 1. The van der Waals surface area contributed by atoms with E-state index in [4.69, 9.17) is 0 Å². The van der Waals surface area contributed by atoms with Gasteiger partial charge in [-0.3, -0.25) is 19.3 Å². The lowest BCUT2D eigenvalue weighted by atomic mass is 10.1. The van der Waals surface area contributed by atoms with Gasteiger partial charge in [-0.25, -0.2) is 5.43 Å². The number of nitrogens with zero attached hydrogens (tertiary/aromatic N) is 3. The van der Waals surface area contributed by atoms with E-state index in [2.05, 4.69) is 10.5 Å². The van der Waals surface area contributed by atoms with E-state index in [0.29, 0.717) is 10.4 Å². The lowest BCUT2D eigenvalue weighted by Gasteiger charge is -2.02. The number of aromatic nitrogens is 1. The molecular formula is C18H14N4O3S. The molecule has 1 N–H and O–H groups in total. The summed E-state index contributed by atoms with van der Waals surface area (Å²) in [4.78, 5) is 38.0. The van der Waals surface area contributed by atoms with Crippen molar-refractivity contribution >= 4 is 39.3 Å². The zero-order valence-corrected chi connectivity index (χ0v) is 14.8. The van der Waals surface area contributed by atoms with Gasteiger partial charge >= 0.3 is 0 Å². The van der Waals surface area contributed by atoms with Crippen molar-refractivity contribution in [1.82, 2.24) is 14.9 Å². The van der Waals surface area contributed by atoms with Gasteiger partial charge in [-0.05, 0) is 30.3 Å². The first-order valence-electron chi connectivity index (χ1n) is 7.82.